The zero-order valence-electron chi connectivity index (χ0n) is 61.7. The summed E-state index contributed by atoms with van der Waals surface area (Å²) in [5.41, 5.74) is 3.76. The molecule has 2 aromatic carbocycles. The van der Waals surface area contributed by atoms with E-state index >= 15 is 0 Å². The minimum absolute atomic E-state index is 0.00806. The van der Waals surface area contributed by atoms with Crippen molar-refractivity contribution in [1.29, 1.82) is 0 Å². The van der Waals surface area contributed by atoms with E-state index in [2.05, 4.69) is 20.6 Å². The Hall–Kier alpha value is -7.67. The number of nitrogens with one attached hydrogen (secondary N) is 3. The largest absolute Gasteiger partial charge is 0.508 e. The van der Waals surface area contributed by atoms with Gasteiger partial charge in [-0.1, -0.05) is 12.8 Å². The Morgan fingerprint density at radius 2 is 1.19 bits per heavy atom. The number of amides is 2. The zero-order chi connectivity index (χ0) is 80.5. The molecule has 112 heavy (non-hydrogen) atoms. The number of aromatic nitrogens is 4. The highest BCUT2D eigenvalue weighted by atomic mass is 31.2. The number of carboxylic acid groups (broad SMARTS) is 1. The van der Waals surface area contributed by atoms with Crippen LogP contribution in [0.2, 0.25) is 0 Å². The first kappa shape index (κ1) is 89.9. The van der Waals surface area contributed by atoms with Gasteiger partial charge in [-0.25, -0.2) is 28.1 Å². The molecule has 9 atom stereocenters. The number of phosphoric acid groups is 3. The molecule has 8 rings (SSSR count). The highest BCUT2D eigenvalue weighted by Crippen LogP contribution is 2.54. The Bertz CT molecular complexity index is 4410. The topological polar surface area (TPSA) is 520 Å². The number of hydrogen-bond donors (Lipinski definition) is 8. The number of aromatic hydroxyl groups is 1. The van der Waals surface area contributed by atoms with Gasteiger partial charge in [0.25, 0.3) is 11.5 Å². The first-order valence-corrected chi connectivity index (χ1v) is 39.9. The number of aromatic carboxylic acids is 1. The van der Waals surface area contributed by atoms with E-state index in [0.29, 0.717) is 75.2 Å². The Kier molecular flexibility index (Phi) is 36.9. The molecule has 618 valence electrons. The van der Waals surface area contributed by atoms with Crippen LogP contribution in [0.3, 0.4) is 0 Å². The number of rotatable bonds is 54. The molecule has 0 spiro atoms. The number of aromatic amines is 1. The SMILES string of the molecule is COP(=O)(OCCOCCOCCOP(=O)(OC)O[C@@H]1C[C@H](n2cc(C=CC(=O)NCCCCCCNC(=O)c3ccc(C(=O)O)c(-c4c5ccc(=O)cc-5oc5cc(O)ccc45)c3)c(=O)[nH]c2=O)O[C@@H]1COP(=O)(OC)OCCOCCOCCOCCOCCOCCO)OC[C@H]1O[C@@H](n2ccc(N)nc2=O)C[C@H]1O. The van der Waals surface area contributed by atoms with Gasteiger partial charge >= 0.3 is 40.8 Å². The third-order valence-corrected chi connectivity index (χ3v) is 21.0. The predicted octanol–water partition coefficient (Wildman–Crippen LogP) is 4.55. The number of benzene rings is 3. The Morgan fingerprint density at radius 3 is 1.77 bits per heavy atom. The number of anilines is 1. The van der Waals surface area contributed by atoms with E-state index in [9.17, 15) is 62.6 Å². The zero-order valence-corrected chi connectivity index (χ0v) is 64.4. The van der Waals surface area contributed by atoms with Gasteiger partial charge in [-0.3, -0.25) is 74.0 Å². The van der Waals surface area contributed by atoms with Crippen molar-refractivity contribution in [2.75, 3.05) is 172 Å². The molecule has 0 radical (unpaired) electrons. The molecule has 9 N–H and O–H groups in total. The number of aliphatic hydroxyl groups excluding tert-OH is 2. The standard InChI is InChI=1S/C69H94N7O33P3/c1-91-110(88,104-44-58-54(80)41-62(107-58)75-19-16-60(70)73-68(75)86)101-35-32-99-30-31-100-34-37-103-112(90,93-3)109-57-42-63(108-59(57)45-105-111(89,92-2)102-36-33-98-29-28-97-27-26-96-25-24-95-23-22-94-21-20-77)76-43-47(66(83)74-69(76)87)9-15-61(81)71-17-6-4-5-7-18-72-65(82)46-8-12-50(67(84)85)53(38-46)64-51-13-10-48(78)39-55(51)106-56-40-49(79)11-14-52(56)64/h8-16,19,38-40,43,54,57-59,62-63,77-78,80H,4-7,17-18,20-37,41-42,44-45H2,1-3H3,(H,71,81)(H,72,82)(H,84,85)(H2,70,73,86)(H,74,83,87)/t54-,57-,58-,59-,62-,63-,110?,111?,112?/m1/s1. The highest BCUT2D eigenvalue weighted by molar-refractivity contribution is 7.49. The third-order valence-electron chi connectivity index (χ3n) is 16.7. The van der Waals surface area contributed by atoms with E-state index in [0.717, 1.165) is 42.7 Å². The number of carbonyl (C=O) groups excluding carboxylic acids is 2. The number of aliphatic hydroxyl groups is 2. The van der Waals surface area contributed by atoms with E-state index in [1.54, 1.807) is 6.07 Å². The van der Waals surface area contributed by atoms with Crippen molar-refractivity contribution in [2.24, 2.45) is 0 Å². The molecule has 2 saturated heterocycles. The maximum Gasteiger partial charge on any atom is 0.474 e. The lowest BCUT2D eigenvalue weighted by atomic mass is 9.89. The van der Waals surface area contributed by atoms with Gasteiger partial charge in [0.15, 0.2) is 5.43 Å². The molecule has 3 aliphatic heterocycles. The summed E-state index contributed by atoms with van der Waals surface area (Å²) in [6.07, 6.45) is -0.168. The fourth-order valence-corrected chi connectivity index (χ4v) is 14.0. The summed E-state index contributed by atoms with van der Waals surface area (Å²) < 4.78 is 148. The van der Waals surface area contributed by atoms with Crippen LogP contribution in [0.25, 0.3) is 39.5 Å². The van der Waals surface area contributed by atoms with Gasteiger partial charge in [-0.15, -0.1) is 0 Å². The molecule has 4 aromatic rings. The molecule has 5 heterocycles. The molecule has 1 aliphatic carbocycles. The van der Waals surface area contributed by atoms with Crippen LogP contribution in [0.15, 0.2) is 103 Å². The summed E-state index contributed by atoms with van der Waals surface area (Å²) in [5, 5.41) is 45.7. The monoisotopic (exact) mass is 1640 g/mol. The normalized spacial score (nSPS) is 18.8. The first-order valence-electron chi connectivity index (χ1n) is 35.5. The number of fused-ring (bicyclic) bond motifs is 2. The molecule has 0 saturated carbocycles. The Labute approximate surface area is 640 Å². The number of phenols is 1. The van der Waals surface area contributed by atoms with Crippen molar-refractivity contribution in [1.82, 2.24) is 29.7 Å². The smallest absolute Gasteiger partial charge is 0.474 e. The van der Waals surface area contributed by atoms with Gasteiger partial charge in [0.1, 0.15) is 53.7 Å². The summed E-state index contributed by atoms with van der Waals surface area (Å²) in [6, 6.07) is 13.9. The molecular weight excluding hydrogens is 1550 g/mol. The Balaban J connectivity index is 0.788. The van der Waals surface area contributed by atoms with Crippen LogP contribution in [-0.4, -0.2) is 248 Å². The van der Waals surface area contributed by atoms with Crippen LogP contribution < -0.4 is 38.7 Å². The fraction of sp³-hybridized carbons (Fsp3) is 0.536. The van der Waals surface area contributed by atoms with E-state index in [4.69, 9.17) is 98.6 Å². The van der Waals surface area contributed by atoms with Crippen molar-refractivity contribution in [2.45, 2.75) is 75.4 Å². The summed E-state index contributed by atoms with van der Waals surface area (Å²) in [5.74, 6) is -2.27. The number of nitrogen functional groups attached to an aromatic ring is 1. The van der Waals surface area contributed by atoms with E-state index in [1.165, 1.54) is 66.9 Å². The van der Waals surface area contributed by atoms with Crippen molar-refractivity contribution < 1.29 is 136 Å². The van der Waals surface area contributed by atoms with Crippen molar-refractivity contribution >= 4 is 64.1 Å². The summed E-state index contributed by atoms with van der Waals surface area (Å²) in [6.45, 7) is 0.630. The maximum atomic E-state index is 14.1. The number of nitrogens with zero attached hydrogens (tertiary/aromatic N) is 3. The molecule has 2 fully saturated rings. The number of nitrogens with two attached hydrogens (primary N) is 1. The fourth-order valence-electron chi connectivity index (χ4n) is 11.1. The number of phenolic OH excluding ortho intramolecular Hbond substituents is 1. The first-order chi connectivity index (χ1) is 54.0. The van der Waals surface area contributed by atoms with Crippen molar-refractivity contribution in [3.8, 4) is 28.2 Å². The van der Waals surface area contributed by atoms with Gasteiger partial charge in [0, 0.05) is 99.9 Å². The summed E-state index contributed by atoms with van der Waals surface area (Å²) >= 11 is 0. The van der Waals surface area contributed by atoms with Gasteiger partial charge in [0.2, 0.25) is 5.91 Å². The molecule has 3 unspecified atom stereocenters. The van der Waals surface area contributed by atoms with Crippen LogP contribution >= 0.6 is 23.5 Å². The van der Waals surface area contributed by atoms with Crippen molar-refractivity contribution in [3.05, 3.63) is 137 Å². The highest BCUT2D eigenvalue weighted by Gasteiger charge is 2.45. The van der Waals surface area contributed by atoms with E-state index in [1.807, 2.05) is 0 Å². The minimum atomic E-state index is -4.54. The number of carbonyl (C=O) groups is 3. The second kappa shape index (κ2) is 46.0. The molecule has 43 heteroatoms. The lowest BCUT2D eigenvalue weighted by Gasteiger charge is -2.24. The lowest BCUT2D eigenvalue weighted by Crippen LogP contribution is -2.33. The quantitative estimate of drug-likeness (QED) is 0.0112. The summed E-state index contributed by atoms with van der Waals surface area (Å²) in [7, 11) is -9.89. The van der Waals surface area contributed by atoms with Gasteiger partial charge in [0.05, 0.1) is 149 Å². The second-order valence-corrected chi connectivity index (χ2v) is 29.7. The van der Waals surface area contributed by atoms with Crippen LogP contribution in [0.4, 0.5) is 5.82 Å². The van der Waals surface area contributed by atoms with Crippen LogP contribution in [0.5, 0.6) is 5.75 Å². The van der Waals surface area contributed by atoms with Gasteiger partial charge < -0.3 is 83.8 Å². The minimum Gasteiger partial charge on any atom is -0.508 e. The number of carboxylic acids is 1. The van der Waals surface area contributed by atoms with Crippen LogP contribution in [0.1, 0.15) is 77.3 Å². The average molecular weight is 1640 g/mol. The maximum absolute atomic E-state index is 14.1. The van der Waals surface area contributed by atoms with E-state index in [-0.39, 0.29) is 162 Å². The number of H-pyrrole nitrogens is 1. The second-order valence-electron chi connectivity index (χ2n) is 24.4. The number of hydrogen-bond acceptors (Lipinski definition) is 34. The van der Waals surface area contributed by atoms with E-state index < -0.39 is 108 Å². The predicted molar refractivity (Wildman–Crippen MR) is 395 cm³/mol. The van der Waals surface area contributed by atoms with Crippen LogP contribution in [-0.2, 0) is 102 Å². The Morgan fingerprint density at radius 1 is 0.634 bits per heavy atom. The number of phosphoric ester groups is 3. The molecule has 40 nitrogen and oxygen atoms in total. The van der Waals surface area contributed by atoms with Gasteiger partial charge in [-0.2, -0.15) is 4.98 Å². The summed E-state index contributed by atoms with van der Waals surface area (Å²) in [4.78, 5) is 96.2. The molecule has 0 bridgehead atoms. The van der Waals surface area contributed by atoms with Crippen molar-refractivity contribution in [3.63, 3.8) is 0 Å². The molecule has 4 aliphatic rings. The lowest BCUT2D eigenvalue weighted by molar-refractivity contribution is -0.116. The third kappa shape index (κ3) is 28.1. The number of ether oxygens (including phenoxy) is 9. The molecule has 2 amide bonds. The average Bonchev–Trinajstić information content (AvgIpc) is 0.954. The number of unbranched alkanes of at least 4 members (excludes halogenated alkanes) is 3. The molecular formula is C69H94N7O33P3. The van der Waals surface area contributed by atoms with Gasteiger partial charge in [-0.05, 0) is 73.0 Å². The van der Waals surface area contributed by atoms with Crippen LogP contribution in [0, 0.1) is 0 Å². The molecule has 2 aromatic heterocycles.